The fraction of sp³-hybridized carbons (Fsp3) is 0.133. The molecule has 0 aliphatic rings. The highest BCUT2D eigenvalue weighted by molar-refractivity contribution is 9.10. The molecule has 0 heterocycles. The predicted molar refractivity (Wildman–Crippen MR) is 79.7 cm³/mol. The van der Waals surface area contributed by atoms with E-state index in [1.54, 1.807) is 12.1 Å². The van der Waals surface area contributed by atoms with E-state index in [1.807, 2.05) is 32.0 Å². The molecule has 1 amide bonds. The molecule has 0 saturated carbocycles. The molecule has 0 aliphatic carbocycles. The van der Waals surface area contributed by atoms with Crippen LogP contribution in [0.2, 0.25) is 0 Å². The van der Waals surface area contributed by atoms with Crippen molar-refractivity contribution in [3.05, 3.63) is 57.6 Å². The molecule has 0 aromatic heterocycles. The fourth-order valence-electron chi connectivity index (χ4n) is 1.89. The number of halogens is 1. The van der Waals surface area contributed by atoms with Crippen LogP contribution in [0.15, 0.2) is 40.9 Å². The number of amides is 1. The molecule has 0 radical (unpaired) electrons. The van der Waals surface area contributed by atoms with Gasteiger partial charge in [0.05, 0.1) is 5.56 Å². The average Bonchev–Trinajstić information content (AvgIpc) is 2.33. The van der Waals surface area contributed by atoms with Crippen molar-refractivity contribution < 1.29 is 9.90 Å². The fourth-order valence-corrected chi connectivity index (χ4v) is 2.24. The van der Waals surface area contributed by atoms with Crippen LogP contribution in [0.4, 0.5) is 5.69 Å². The van der Waals surface area contributed by atoms with Crippen molar-refractivity contribution >= 4 is 27.5 Å². The molecule has 3 nitrogen and oxygen atoms in total. The molecule has 0 bridgehead atoms. The Kier molecular flexibility index (Phi) is 3.90. The summed E-state index contributed by atoms with van der Waals surface area (Å²) in [7, 11) is 0. The number of rotatable bonds is 2. The summed E-state index contributed by atoms with van der Waals surface area (Å²) in [5.74, 6) is -0.361. The number of aryl methyl sites for hydroxylation is 2. The first-order valence-electron chi connectivity index (χ1n) is 5.85. The van der Waals surface area contributed by atoms with Gasteiger partial charge in [-0.05, 0) is 43.2 Å². The predicted octanol–water partition coefficient (Wildman–Crippen LogP) is 4.02. The maximum absolute atomic E-state index is 12.2. The first kappa shape index (κ1) is 13.6. The number of carbonyl (C=O) groups excluding carboxylic acids is 1. The number of benzene rings is 2. The maximum Gasteiger partial charge on any atom is 0.259 e. The Hall–Kier alpha value is -1.81. The zero-order chi connectivity index (χ0) is 14.0. The summed E-state index contributed by atoms with van der Waals surface area (Å²) in [6.45, 7) is 3.87. The number of aromatic hydroxyl groups is 1. The highest BCUT2D eigenvalue weighted by Gasteiger charge is 2.13. The molecule has 19 heavy (non-hydrogen) atoms. The number of phenols is 1. The first-order chi connectivity index (χ1) is 8.99. The molecule has 4 heteroatoms. The van der Waals surface area contributed by atoms with Crippen LogP contribution in [0.3, 0.4) is 0 Å². The van der Waals surface area contributed by atoms with E-state index >= 15 is 0 Å². The summed E-state index contributed by atoms with van der Waals surface area (Å²) in [5.41, 5.74) is 3.02. The van der Waals surface area contributed by atoms with Crippen molar-refractivity contribution in [3.63, 3.8) is 0 Å². The van der Waals surface area contributed by atoms with E-state index in [2.05, 4.69) is 21.2 Å². The van der Waals surface area contributed by atoms with E-state index < -0.39 is 0 Å². The Balaban J connectivity index is 2.31. The summed E-state index contributed by atoms with van der Waals surface area (Å²) in [6.07, 6.45) is 0. The first-order valence-corrected chi connectivity index (χ1v) is 6.64. The smallest absolute Gasteiger partial charge is 0.259 e. The van der Waals surface area contributed by atoms with E-state index in [1.165, 1.54) is 6.07 Å². The minimum absolute atomic E-state index is 0.0434. The molecule has 0 saturated heterocycles. The lowest BCUT2D eigenvalue weighted by Gasteiger charge is -2.12. The summed E-state index contributed by atoms with van der Waals surface area (Å²) >= 11 is 3.24. The molecule has 0 unspecified atom stereocenters. The van der Waals surface area contributed by atoms with E-state index in [0.29, 0.717) is 0 Å². The third kappa shape index (κ3) is 2.96. The molecule has 0 atom stereocenters. The number of nitrogens with one attached hydrogen (secondary N) is 1. The second-order valence-electron chi connectivity index (χ2n) is 4.38. The summed E-state index contributed by atoms with van der Waals surface area (Å²) < 4.78 is 0.730. The van der Waals surface area contributed by atoms with Crippen LogP contribution in [0.1, 0.15) is 21.5 Å². The Bertz CT molecular complexity index is 618. The maximum atomic E-state index is 12.2. The van der Waals surface area contributed by atoms with Crippen molar-refractivity contribution in [2.24, 2.45) is 0 Å². The molecule has 2 N–H and O–H groups in total. The Labute approximate surface area is 120 Å². The lowest BCUT2D eigenvalue weighted by atomic mass is 10.1. The second-order valence-corrected chi connectivity index (χ2v) is 5.30. The summed E-state index contributed by atoms with van der Waals surface area (Å²) in [4.78, 5) is 12.2. The summed E-state index contributed by atoms with van der Waals surface area (Å²) in [6, 6.07) is 10.6. The molecule has 0 aliphatic heterocycles. The van der Waals surface area contributed by atoms with Crippen molar-refractivity contribution in [3.8, 4) is 5.75 Å². The van der Waals surface area contributed by atoms with Gasteiger partial charge in [0, 0.05) is 10.2 Å². The van der Waals surface area contributed by atoms with Gasteiger partial charge < -0.3 is 10.4 Å². The third-order valence-electron chi connectivity index (χ3n) is 2.92. The van der Waals surface area contributed by atoms with Gasteiger partial charge in [0.25, 0.3) is 5.91 Å². The number of hydrogen-bond donors (Lipinski definition) is 2. The molecule has 0 spiro atoms. The largest absolute Gasteiger partial charge is 0.507 e. The van der Waals surface area contributed by atoms with Crippen molar-refractivity contribution in [1.29, 1.82) is 0 Å². The lowest BCUT2D eigenvalue weighted by Crippen LogP contribution is -2.13. The van der Waals surface area contributed by atoms with Gasteiger partial charge in [0.2, 0.25) is 0 Å². The van der Waals surface area contributed by atoms with E-state index in [4.69, 9.17) is 0 Å². The Morgan fingerprint density at radius 2 is 1.79 bits per heavy atom. The standard InChI is InChI=1S/C15H14BrNO2/c1-9-4-3-5-10(2)14(9)17-15(19)12-7-6-11(16)8-13(12)18/h3-8,18H,1-2H3,(H,17,19). The zero-order valence-corrected chi connectivity index (χ0v) is 12.3. The molecule has 2 aromatic rings. The summed E-state index contributed by atoms with van der Waals surface area (Å²) in [5, 5.41) is 12.6. The van der Waals surface area contributed by atoms with Gasteiger partial charge in [-0.15, -0.1) is 0 Å². The third-order valence-corrected chi connectivity index (χ3v) is 3.42. The molecule has 98 valence electrons. The van der Waals surface area contributed by atoms with Crippen LogP contribution >= 0.6 is 15.9 Å². The van der Waals surface area contributed by atoms with Crippen molar-refractivity contribution in [1.82, 2.24) is 0 Å². The van der Waals surface area contributed by atoms with Gasteiger partial charge >= 0.3 is 0 Å². The van der Waals surface area contributed by atoms with Crippen LogP contribution in [0, 0.1) is 13.8 Å². The van der Waals surface area contributed by atoms with Crippen LogP contribution < -0.4 is 5.32 Å². The minimum atomic E-state index is -0.317. The van der Waals surface area contributed by atoms with Crippen LogP contribution in [-0.2, 0) is 0 Å². The van der Waals surface area contributed by atoms with Crippen LogP contribution in [0.25, 0.3) is 0 Å². The lowest BCUT2D eigenvalue weighted by molar-refractivity contribution is 0.102. The van der Waals surface area contributed by atoms with Crippen LogP contribution in [0.5, 0.6) is 5.75 Å². The van der Waals surface area contributed by atoms with Gasteiger partial charge in [-0.3, -0.25) is 4.79 Å². The number of para-hydroxylation sites is 1. The number of carbonyl (C=O) groups is 1. The Morgan fingerprint density at radius 3 is 2.37 bits per heavy atom. The molecule has 2 rings (SSSR count). The Morgan fingerprint density at radius 1 is 1.16 bits per heavy atom. The van der Waals surface area contributed by atoms with Gasteiger partial charge in [-0.25, -0.2) is 0 Å². The highest BCUT2D eigenvalue weighted by atomic mass is 79.9. The quantitative estimate of drug-likeness (QED) is 0.878. The van der Waals surface area contributed by atoms with Gasteiger partial charge in [0.15, 0.2) is 0 Å². The minimum Gasteiger partial charge on any atom is -0.507 e. The van der Waals surface area contributed by atoms with Gasteiger partial charge in [-0.2, -0.15) is 0 Å². The number of phenolic OH excluding ortho intramolecular Hbond substituents is 1. The monoisotopic (exact) mass is 319 g/mol. The van der Waals surface area contributed by atoms with Gasteiger partial charge in [-0.1, -0.05) is 34.1 Å². The van der Waals surface area contributed by atoms with E-state index in [-0.39, 0.29) is 17.2 Å². The number of anilines is 1. The van der Waals surface area contributed by atoms with Crippen LogP contribution in [-0.4, -0.2) is 11.0 Å². The van der Waals surface area contributed by atoms with E-state index in [9.17, 15) is 9.90 Å². The van der Waals surface area contributed by atoms with Crippen molar-refractivity contribution in [2.45, 2.75) is 13.8 Å². The SMILES string of the molecule is Cc1cccc(C)c1NC(=O)c1ccc(Br)cc1O. The second kappa shape index (κ2) is 5.45. The molecule has 0 fully saturated rings. The van der Waals surface area contributed by atoms with E-state index in [0.717, 1.165) is 21.3 Å². The van der Waals surface area contributed by atoms with Crippen molar-refractivity contribution in [2.75, 3.05) is 5.32 Å². The molecule has 2 aromatic carbocycles. The zero-order valence-electron chi connectivity index (χ0n) is 10.7. The normalized spacial score (nSPS) is 10.3. The average molecular weight is 320 g/mol. The topological polar surface area (TPSA) is 49.3 Å². The molecular weight excluding hydrogens is 306 g/mol. The van der Waals surface area contributed by atoms with Gasteiger partial charge in [0.1, 0.15) is 5.75 Å². The highest BCUT2D eigenvalue weighted by Crippen LogP contribution is 2.25. The number of hydrogen-bond acceptors (Lipinski definition) is 2. The molecular formula is C15H14BrNO2.